The van der Waals surface area contributed by atoms with Gasteiger partial charge in [0.15, 0.2) is 5.96 Å². The van der Waals surface area contributed by atoms with Gasteiger partial charge in [-0.2, -0.15) is 0 Å². The number of aliphatic imine (C=N–C) groups is 1. The van der Waals surface area contributed by atoms with Crippen molar-refractivity contribution in [2.75, 3.05) is 45.6 Å². The molecule has 1 aliphatic rings. The number of likely N-dealkylation sites (tertiary alicyclic amines) is 1. The highest BCUT2D eigenvalue weighted by atomic mass is 32.2. The zero-order chi connectivity index (χ0) is 17.2. The van der Waals surface area contributed by atoms with Crippen LogP contribution in [0.5, 0.6) is 0 Å². The minimum atomic E-state index is -0.858. The molecule has 0 aromatic heterocycles. The van der Waals surface area contributed by atoms with Crippen LogP contribution in [0.25, 0.3) is 0 Å². The molecule has 0 spiro atoms. The van der Waals surface area contributed by atoms with Gasteiger partial charge in [-0.3, -0.25) is 9.20 Å². The number of hydrogen-bond donors (Lipinski definition) is 1. The maximum Gasteiger partial charge on any atom is 0.193 e. The van der Waals surface area contributed by atoms with Gasteiger partial charge in [0.25, 0.3) is 0 Å². The lowest BCUT2D eigenvalue weighted by Gasteiger charge is -2.21. The van der Waals surface area contributed by atoms with Crippen LogP contribution in [0.1, 0.15) is 18.9 Å². The number of hydrogen-bond acceptors (Lipinski definition) is 3. The van der Waals surface area contributed by atoms with E-state index in [-0.39, 0.29) is 0 Å². The molecule has 1 aromatic rings. The summed E-state index contributed by atoms with van der Waals surface area (Å²) in [4.78, 5) is 6.62. The molecular weight excluding hydrogens is 322 g/mol. The van der Waals surface area contributed by atoms with Gasteiger partial charge in [0.1, 0.15) is 0 Å². The molecule has 134 valence electrons. The van der Waals surface area contributed by atoms with Gasteiger partial charge in [-0.15, -0.1) is 0 Å². The largest absolute Gasteiger partial charge is 0.381 e. The third kappa shape index (κ3) is 6.24. The summed E-state index contributed by atoms with van der Waals surface area (Å²) in [7, 11) is 0.946. The molecule has 2 atom stereocenters. The Labute approximate surface area is 147 Å². The molecule has 6 heteroatoms. The van der Waals surface area contributed by atoms with Crippen LogP contribution in [-0.4, -0.2) is 60.7 Å². The molecule has 1 aromatic carbocycles. The summed E-state index contributed by atoms with van der Waals surface area (Å²) in [6, 6.07) is 9.99. The van der Waals surface area contributed by atoms with Crippen molar-refractivity contribution in [2.24, 2.45) is 10.9 Å². The summed E-state index contributed by atoms with van der Waals surface area (Å²) in [5, 5.41) is 3.35. The minimum Gasteiger partial charge on any atom is -0.381 e. The topological polar surface area (TPSA) is 53.9 Å². The molecule has 2 unspecified atom stereocenters. The number of nitrogens with zero attached hydrogens (tertiary/aromatic N) is 2. The van der Waals surface area contributed by atoms with Crippen LogP contribution in [0.4, 0.5) is 0 Å². The Morgan fingerprint density at radius 1 is 1.42 bits per heavy atom. The molecule has 0 amide bonds. The van der Waals surface area contributed by atoms with Crippen molar-refractivity contribution in [2.45, 2.75) is 19.1 Å². The summed E-state index contributed by atoms with van der Waals surface area (Å²) in [5.41, 5.74) is 1.12. The third-order valence-electron chi connectivity index (χ3n) is 4.14. The van der Waals surface area contributed by atoms with Crippen molar-refractivity contribution >= 4 is 16.8 Å². The van der Waals surface area contributed by atoms with Gasteiger partial charge in [0, 0.05) is 61.5 Å². The average molecular weight is 352 g/mol. The first-order valence-electron chi connectivity index (χ1n) is 8.65. The molecular formula is C18H29N3O2S. The normalized spacial score (nSPS) is 19.5. The fourth-order valence-corrected chi connectivity index (χ4v) is 3.93. The zero-order valence-electron chi connectivity index (χ0n) is 14.7. The molecule has 1 heterocycles. The monoisotopic (exact) mass is 351 g/mol. The van der Waals surface area contributed by atoms with Crippen molar-refractivity contribution in [3.63, 3.8) is 0 Å². The van der Waals surface area contributed by atoms with E-state index in [0.717, 1.165) is 44.2 Å². The van der Waals surface area contributed by atoms with Gasteiger partial charge in [0.05, 0.1) is 6.61 Å². The molecule has 1 N–H and O–H groups in total. The molecule has 5 nitrogen and oxygen atoms in total. The van der Waals surface area contributed by atoms with Crippen molar-refractivity contribution in [3.8, 4) is 0 Å². The number of guanidine groups is 1. The second kappa shape index (κ2) is 10.5. The Morgan fingerprint density at radius 3 is 2.92 bits per heavy atom. The Hall–Kier alpha value is -1.40. The van der Waals surface area contributed by atoms with Crippen LogP contribution in [0, 0.1) is 5.92 Å². The second-order valence-corrected chi connectivity index (χ2v) is 7.58. The molecule has 0 aliphatic carbocycles. The predicted octanol–water partition coefficient (Wildman–Crippen LogP) is 1.87. The van der Waals surface area contributed by atoms with Gasteiger partial charge in [0.2, 0.25) is 0 Å². The summed E-state index contributed by atoms with van der Waals surface area (Å²) in [5.74, 6) is 2.73. The van der Waals surface area contributed by atoms with Crippen LogP contribution in [0.2, 0.25) is 0 Å². The van der Waals surface area contributed by atoms with E-state index in [0.29, 0.717) is 24.0 Å². The van der Waals surface area contributed by atoms with Crippen LogP contribution in [0.15, 0.2) is 35.3 Å². The van der Waals surface area contributed by atoms with E-state index in [4.69, 9.17) is 4.74 Å². The van der Waals surface area contributed by atoms with E-state index >= 15 is 0 Å². The summed E-state index contributed by atoms with van der Waals surface area (Å²) >= 11 is 0. The van der Waals surface area contributed by atoms with Crippen LogP contribution < -0.4 is 5.32 Å². The lowest BCUT2D eigenvalue weighted by molar-refractivity contribution is 0.114. The maximum atomic E-state index is 12.2. The van der Waals surface area contributed by atoms with Gasteiger partial charge >= 0.3 is 0 Å². The second-order valence-electron chi connectivity index (χ2n) is 6.01. The smallest absolute Gasteiger partial charge is 0.193 e. The lowest BCUT2D eigenvalue weighted by Crippen LogP contribution is -2.41. The highest BCUT2D eigenvalue weighted by Crippen LogP contribution is 2.16. The van der Waals surface area contributed by atoms with E-state index in [1.807, 2.05) is 37.3 Å². The van der Waals surface area contributed by atoms with Crippen molar-refractivity contribution < 1.29 is 8.95 Å². The van der Waals surface area contributed by atoms with E-state index in [1.54, 1.807) is 7.05 Å². The summed E-state index contributed by atoms with van der Waals surface area (Å²) in [6.45, 7) is 6.29. The standard InChI is InChI=1S/C18H29N3O2S/c1-3-23-14-17-9-11-21(13-17)18(19-2)20-10-12-24(22)15-16-7-5-4-6-8-16/h4-8,17H,3,9-15H2,1-2H3,(H,19,20). The summed E-state index contributed by atoms with van der Waals surface area (Å²) in [6.07, 6.45) is 1.14. The Morgan fingerprint density at radius 2 is 2.21 bits per heavy atom. The molecule has 1 saturated heterocycles. The maximum absolute atomic E-state index is 12.2. The first-order valence-corrected chi connectivity index (χ1v) is 10.1. The first kappa shape index (κ1) is 18.9. The van der Waals surface area contributed by atoms with E-state index in [2.05, 4.69) is 15.2 Å². The molecule has 24 heavy (non-hydrogen) atoms. The van der Waals surface area contributed by atoms with Gasteiger partial charge in [-0.25, -0.2) is 0 Å². The van der Waals surface area contributed by atoms with Gasteiger partial charge < -0.3 is 15.0 Å². The number of rotatable bonds is 8. The molecule has 0 bridgehead atoms. The highest BCUT2D eigenvalue weighted by Gasteiger charge is 2.24. The van der Waals surface area contributed by atoms with E-state index in [1.165, 1.54) is 0 Å². The van der Waals surface area contributed by atoms with Crippen molar-refractivity contribution in [1.82, 2.24) is 10.2 Å². The quantitative estimate of drug-likeness (QED) is 0.574. The molecule has 0 saturated carbocycles. The molecule has 1 fully saturated rings. The average Bonchev–Trinajstić information content (AvgIpc) is 3.06. The van der Waals surface area contributed by atoms with Gasteiger partial charge in [-0.05, 0) is 18.9 Å². The van der Waals surface area contributed by atoms with Crippen LogP contribution in [0.3, 0.4) is 0 Å². The number of nitrogens with one attached hydrogen (secondary N) is 1. The minimum absolute atomic E-state index is 0.579. The molecule has 1 aliphatic heterocycles. The fourth-order valence-electron chi connectivity index (χ4n) is 2.89. The Kier molecular flexibility index (Phi) is 8.25. The van der Waals surface area contributed by atoms with E-state index < -0.39 is 10.8 Å². The first-order chi connectivity index (χ1) is 11.7. The number of benzene rings is 1. The highest BCUT2D eigenvalue weighted by molar-refractivity contribution is 7.84. The van der Waals surface area contributed by atoms with Gasteiger partial charge in [-0.1, -0.05) is 30.3 Å². The van der Waals surface area contributed by atoms with Crippen LogP contribution >= 0.6 is 0 Å². The van der Waals surface area contributed by atoms with Crippen molar-refractivity contribution in [3.05, 3.63) is 35.9 Å². The molecule has 2 rings (SSSR count). The third-order valence-corrected chi connectivity index (χ3v) is 5.45. The zero-order valence-corrected chi connectivity index (χ0v) is 15.6. The SMILES string of the molecule is CCOCC1CCN(C(=NC)NCCS(=O)Cc2ccccc2)C1. The van der Waals surface area contributed by atoms with Crippen LogP contribution in [-0.2, 0) is 21.3 Å². The molecule has 0 radical (unpaired) electrons. The Bertz CT molecular complexity index is 536. The van der Waals surface area contributed by atoms with Crippen molar-refractivity contribution in [1.29, 1.82) is 0 Å². The number of ether oxygens (including phenoxy) is 1. The van der Waals surface area contributed by atoms with E-state index in [9.17, 15) is 4.21 Å². The lowest BCUT2D eigenvalue weighted by atomic mass is 10.1. The summed E-state index contributed by atoms with van der Waals surface area (Å²) < 4.78 is 17.7. The Balaban J connectivity index is 1.69. The predicted molar refractivity (Wildman–Crippen MR) is 101 cm³/mol. The fraction of sp³-hybridized carbons (Fsp3) is 0.611.